The van der Waals surface area contributed by atoms with Gasteiger partial charge in [-0.2, -0.15) is 15.6 Å². The van der Waals surface area contributed by atoms with Crippen molar-refractivity contribution in [1.82, 2.24) is 45.1 Å². The molecule has 0 amide bonds. The standard InChI is InChI=1S/C12H16BClO3.C7H5BClNO2.C7H5BFNO2.C7H7BN2O2.C6H8BNO4S.C6H8BNO3.2C5H6BNO2.C4H5BN2O2.C3H5BN2O2/c1-11(2)12(3,4)17-13(16-11)9-6-5-8(15)7-10(9)14;2*9-7-3-5(4-10)1-2-6(7)8(11)12;11-8(12)5-1-2-6-7(3-5)10-4-9-6;8-13(11,12)6-3-1-5(2-4-6)7(9)10;1-11-6-3-2-5(4-8-6)7(9)10;8-6(9)5-1-3-7-4-2-5;8-6(9)5-2-1-3-7-4-5;8-5(9)4-1-6-3-7-2-4;7-4(8)3-1-2-5-6-3/h5-7,15H,1-4H3;2*1-3,11-12H;1-4,11-12H,(H,9,10);1-4,9-10H,(H2,8,11,12);2-4,9-10H,1H3;2*1-4,8-9H;1-3,8-9H;1-2,7-8H,(H,5,6). The summed E-state index contributed by atoms with van der Waals surface area (Å²) in [5.74, 6) is -0.200. The van der Waals surface area contributed by atoms with E-state index in [0.717, 1.165) is 22.6 Å². The molecule has 7 heterocycles. The number of aromatic nitrogens is 9. The van der Waals surface area contributed by atoms with Crippen LogP contribution < -0.4 is 64.6 Å². The Morgan fingerprint density at radius 2 is 1.03 bits per heavy atom. The molecule has 0 bridgehead atoms. The number of nitrogens with two attached hydrogens (primary N) is 1. The molecule has 112 heavy (non-hydrogen) atoms. The van der Waals surface area contributed by atoms with Crippen LogP contribution >= 0.6 is 23.2 Å². The zero-order valence-electron chi connectivity index (χ0n) is 59.5. The predicted octanol–water partition coefficient (Wildman–Crippen LogP) is -8.59. The van der Waals surface area contributed by atoms with Gasteiger partial charge in [0.05, 0.1) is 69.4 Å². The van der Waals surface area contributed by atoms with Crippen molar-refractivity contribution in [3.63, 3.8) is 0 Å². The average Bonchev–Trinajstić information content (AvgIpc) is 1.62. The van der Waals surface area contributed by atoms with Crippen LogP contribution in [0.5, 0.6) is 11.6 Å². The number of primary sulfonamides is 1. The van der Waals surface area contributed by atoms with Crippen LogP contribution in [0.4, 0.5) is 4.39 Å². The van der Waals surface area contributed by atoms with Gasteiger partial charge in [-0.3, -0.25) is 15.1 Å². The minimum Gasteiger partial charge on any atom is -0.508 e. The SMILES string of the molecule is CC1(C)OB(c2ccc(O)cc2Cl)OC1(C)C.COc1ccc(B(O)O)cn1.N#Cc1ccc(B(O)O)c(Cl)c1.N#Cc1ccc(B(O)O)c(F)c1.NS(=O)(=O)c1ccc(B(O)O)cc1.OB(O)c1ccc2nc[nH]c2c1.OB(O)c1cccnc1.OB(O)c1ccn[nH]1.OB(O)c1ccncc1.OB(O)c1cncnc1. The molecule has 1 fully saturated rings. The van der Waals surface area contributed by atoms with E-state index < -0.39 is 87.0 Å². The fraction of sp³-hybridized carbons (Fsp3) is 0.113. The first kappa shape index (κ1) is 96.4. The number of aromatic hydroxyl groups is 1. The number of imidazole rings is 1. The number of phenolic OH excluding ortho intramolecular Hbond substituents is 1. The summed E-state index contributed by atoms with van der Waals surface area (Å²) in [6.07, 6.45) is 14.4. The quantitative estimate of drug-likeness (QED) is 0.0505. The van der Waals surface area contributed by atoms with Crippen molar-refractivity contribution in [2.75, 3.05) is 7.11 Å². The third-order valence-electron chi connectivity index (χ3n) is 14.5. The van der Waals surface area contributed by atoms with Crippen molar-refractivity contribution in [2.24, 2.45) is 5.14 Å². The highest BCUT2D eigenvalue weighted by atomic mass is 35.5. The van der Waals surface area contributed by atoms with E-state index in [4.69, 9.17) is 143 Å². The van der Waals surface area contributed by atoms with E-state index in [9.17, 15) is 17.9 Å². The topological polar surface area (TPSA) is 642 Å². The van der Waals surface area contributed by atoms with E-state index >= 15 is 0 Å². The molecule has 1 aliphatic heterocycles. The lowest BCUT2D eigenvalue weighted by atomic mass is 9.79. The molecule has 11 aromatic rings. The summed E-state index contributed by atoms with van der Waals surface area (Å²) in [6, 6.07) is 37.1. The number of pyridine rings is 3. The number of fused-ring (bicyclic) bond motifs is 1. The monoisotopic (exact) mass is 1600 g/mol. The Kier molecular flexibility index (Phi) is 41.4. The van der Waals surface area contributed by atoms with Gasteiger partial charge in [0.2, 0.25) is 15.9 Å². The highest BCUT2D eigenvalue weighted by Crippen LogP contribution is 2.37. The number of H-pyrrole nitrogens is 2. The summed E-state index contributed by atoms with van der Waals surface area (Å²) in [4.78, 5) is 25.1. The van der Waals surface area contributed by atoms with E-state index in [1.54, 1.807) is 79.3 Å². The number of hydrogen-bond donors (Lipinski definition) is 22. The van der Waals surface area contributed by atoms with Gasteiger partial charge in [-0.25, -0.2) is 37.9 Å². The van der Waals surface area contributed by atoms with Gasteiger partial charge in [-0.05, 0) is 135 Å². The Labute approximate surface area is 653 Å². The zero-order valence-corrected chi connectivity index (χ0v) is 61.8. The number of rotatable bonds is 12. The summed E-state index contributed by atoms with van der Waals surface area (Å²) >= 11 is 11.7. The van der Waals surface area contributed by atoms with E-state index in [0.29, 0.717) is 49.4 Å². The van der Waals surface area contributed by atoms with E-state index in [1.165, 1.54) is 130 Å². The lowest BCUT2D eigenvalue weighted by molar-refractivity contribution is 0.00578. The number of phenols is 1. The molecule has 580 valence electrons. The molecule has 12 rings (SSSR count). The Balaban J connectivity index is 0.000000325. The number of nitriles is 2. The number of aromatic amines is 2. The molecule has 0 saturated carbocycles. The molecule has 0 unspecified atom stereocenters. The van der Waals surface area contributed by atoms with E-state index in [1.807, 2.05) is 33.8 Å². The van der Waals surface area contributed by atoms with Gasteiger partial charge in [0.25, 0.3) is 0 Å². The smallest absolute Gasteiger partial charge is 0.507 e. The molecule has 0 radical (unpaired) electrons. The van der Waals surface area contributed by atoms with Crippen molar-refractivity contribution in [3.05, 3.63) is 229 Å². The molecule has 0 spiro atoms. The van der Waals surface area contributed by atoms with Crippen LogP contribution in [-0.4, -0.2) is 239 Å². The van der Waals surface area contributed by atoms with Crippen molar-refractivity contribution >= 4 is 170 Å². The maximum absolute atomic E-state index is 12.8. The summed E-state index contributed by atoms with van der Waals surface area (Å²) < 4.78 is 50.9. The molecule has 36 nitrogen and oxygen atoms in total. The molecule has 23 N–H and O–H groups in total. The minimum atomic E-state index is -3.71. The Hall–Kier alpha value is -9.84. The number of hydrogen-bond acceptors (Lipinski definition) is 33. The largest absolute Gasteiger partial charge is 0.508 e. The molecular formula is C62H71B10Cl2FN12O24S. The Morgan fingerprint density at radius 3 is 1.43 bits per heavy atom. The highest BCUT2D eigenvalue weighted by molar-refractivity contribution is 7.89. The first-order chi connectivity index (χ1) is 52.7. The second-order valence-corrected chi connectivity index (χ2v) is 25.4. The maximum Gasteiger partial charge on any atom is 0.507 e. The fourth-order valence-corrected chi connectivity index (χ4v) is 8.87. The molecule has 0 aliphatic carbocycles. The van der Waals surface area contributed by atoms with Crippen molar-refractivity contribution < 1.29 is 122 Å². The van der Waals surface area contributed by atoms with Crippen molar-refractivity contribution in [1.29, 1.82) is 10.5 Å². The first-order valence-corrected chi connectivity index (χ1v) is 34.0. The lowest BCUT2D eigenvalue weighted by Gasteiger charge is -2.32. The predicted molar refractivity (Wildman–Crippen MR) is 418 cm³/mol. The lowest BCUT2D eigenvalue weighted by Crippen LogP contribution is -2.41. The number of benzene rings is 5. The van der Waals surface area contributed by atoms with Crippen LogP contribution in [0.2, 0.25) is 10.0 Å². The number of nitrogens with one attached hydrogen (secondary N) is 2. The Bertz CT molecular complexity index is 4590. The van der Waals surface area contributed by atoms with Gasteiger partial charge in [0.15, 0.2) is 0 Å². The molecule has 50 heteroatoms. The molecular weight excluding hydrogens is 1530 g/mol. The van der Waals surface area contributed by atoms with Crippen LogP contribution in [0.1, 0.15) is 38.8 Å². The van der Waals surface area contributed by atoms with Crippen LogP contribution in [0, 0.1) is 28.5 Å². The number of methoxy groups -OCH3 is 1. The van der Waals surface area contributed by atoms with Crippen LogP contribution in [0.3, 0.4) is 0 Å². The second-order valence-electron chi connectivity index (χ2n) is 23.0. The van der Waals surface area contributed by atoms with Gasteiger partial charge in [0, 0.05) is 92.4 Å². The van der Waals surface area contributed by atoms with Crippen LogP contribution in [0.25, 0.3) is 11.0 Å². The molecule has 1 saturated heterocycles. The van der Waals surface area contributed by atoms with Crippen LogP contribution in [0.15, 0.2) is 207 Å². The first-order valence-electron chi connectivity index (χ1n) is 31.7. The molecule has 0 atom stereocenters. The van der Waals surface area contributed by atoms with Gasteiger partial charge in [-0.15, -0.1) is 0 Å². The van der Waals surface area contributed by atoms with E-state index in [-0.39, 0.29) is 48.8 Å². The average molecular weight is 1600 g/mol. The second kappa shape index (κ2) is 48.2. The summed E-state index contributed by atoms with van der Waals surface area (Å²) in [5, 5.41) is 193. The highest BCUT2D eigenvalue weighted by Gasteiger charge is 2.52. The van der Waals surface area contributed by atoms with Crippen molar-refractivity contribution in [3.8, 4) is 23.8 Å². The van der Waals surface area contributed by atoms with Crippen LogP contribution in [-0.2, 0) is 19.3 Å². The number of nitrogens with zero attached hydrogens (tertiary/aromatic N) is 9. The normalized spacial score (nSPS) is 11.5. The van der Waals surface area contributed by atoms with Gasteiger partial charge in [0.1, 0.15) is 17.9 Å². The van der Waals surface area contributed by atoms with E-state index in [2.05, 4.69) is 45.1 Å². The third kappa shape index (κ3) is 34.0. The molecule has 1 aliphatic rings. The number of halogens is 3. The number of ether oxygens (including phenoxy) is 1. The third-order valence-corrected chi connectivity index (χ3v) is 16.1. The van der Waals surface area contributed by atoms with Gasteiger partial charge < -0.3 is 115 Å². The fourth-order valence-electron chi connectivity index (χ4n) is 7.82. The van der Waals surface area contributed by atoms with Crippen molar-refractivity contribution in [2.45, 2.75) is 43.8 Å². The summed E-state index contributed by atoms with van der Waals surface area (Å²) in [6.45, 7) is 7.95. The van der Waals surface area contributed by atoms with Gasteiger partial charge in [-0.1, -0.05) is 71.7 Å². The molecule has 5 aromatic carbocycles. The Morgan fingerprint density at radius 1 is 0.518 bits per heavy atom. The molecule has 6 aromatic heterocycles. The zero-order chi connectivity index (χ0) is 84.1. The maximum atomic E-state index is 12.8. The minimum absolute atomic E-state index is 0.0584. The van der Waals surface area contributed by atoms with Gasteiger partial charge >= 0.3 is 71.2 Å². The summed E-state index contributed by atoms with van der Waals surface area (Å²) in [7, 11) is -16.3. The summed E-state index contributed by atoms with van der Waals surface area (Å²) in [5.41, 5.74) is 4.63. The number of sulfonamides is 1.